The van der Waals surface area contributed by atoms with E-state index in [2.05, 4.69) is 14.3 Å². The Morgan fingerprint density at radius 2 is 2.54 bits per heavy atom. The molecule has 1 aliphatic rings. The van der Waals surface area contributed by atoms with Gasteiger partial charge in [0.15, 0.2) is 0 Å². The lowest BCUT2D eigenvalue weighted by Gasteiger charge is -2.12. The number of methoxy groups -OCH3 is 1. The summed E-state index contributed by atoms with van der Waals surface area (Å²) in [7, 11) is 1.74. The summed E-state index contributed by atoms with van der Waals surface area (Å²) in [6.45, 7) is 1.87. The fraction of sp³-hybridized carbons (Fsp3) is 0.714. The molecule has 1 atom stereocenters. The van der Waals surface area contributed by atoms with Crippen LogP contribution in [0.25, 0.3) is 0 Å². The second-order valence-electron chi connectivity index (χ2n) is 3.03. The van der Waals surface area contributed by atoms with Gasteiger partial charge in [0.1, 0.15) is 0 Å². The minimum absolute atomic E-state index is 0.324. The van der Waals surface area contributed by atoms with Crippen LogP contribution in [0.3, 0.4) is 0 Å². The Morgan fingerprint density at radius 1 is 1.69 bits per heavy atom. The van der Waals surface area contributed by atoms with Crippen molar-refractivity contribution in [3.05, 3.63) is 0 Å². The maximum absolute atomic E-state index is 5.44. The highest BCUT2D eigenvalue weighted by Crippen LogP contribution is 2.23. The van der Waals surface area contributed by atoms with E-state index in [1.807, 2.05) is 0 Å². The third-order valence-corrected chi connectivity index (χ3v) is 2.97. The Balaban J connectivity index is 2.03. The highest BCUT2D eigenvalue weighted by molar-refractivity contribution is 7.09. The molecule has 1 unspecified atom stereocenters. The third kappa shape index (κ3) is 1.73. The van der Waals surface area contributed by atoms with Crippen molar-refractivity contribution in [1.82, 2.24) is 9.36 Å². The van der Waals surface area contributed by atoms with Crippen LogP contribution in [0.2, 0.25) is 0 Å². The van der Waals surface area contributed by atoms with Crippen molar-refractivity contribution >= 4 is 22.6 Å². The molecule has 0 spiro atoms. The average Bonchev–Trinajstić information content (AvgIpc) is 2.71. The predicted octanol–water partition coefficient (Wildman–Crippen LogP) is 0.345. The highest BCUT2D eigenvalue weighted by atomic mass is 32.1. The molecule has 13 heavy (non-hydrogen) atoms. The number of hydrogen-bond acceptors (Lipinski definition) is 6. The Morgan fingerprint density at radius 3 is 3.08 bits per heavy atom. The topological polar surface area (TPSA) is 64.3 Å². The molecule has 2 N–H and O–H groups in total. The van der Waals surface area contributed by atoms with Crippen LogP contribution in [0.4, 0.5) is 11.1 Å². The van der Waals surface area contributed by atoms with Crippen molar-refractivity contribution in [2.75, 3.05) is 30.8 Å². The summed E-state index contributed by atoms with van der Waals surface area (Å²) in [6, 6.07) is 0. The molecule has 1 aliphatic heterocycles. The molecule has 2 heterocycles. The van der Waals surface area contributed by atoms with E-state index in [1.165, 1.54) is 11.5 Å². The smallest absolute Gasteiger partial charge is 0.233 e. The molecule has 0 aromatic carbocycles. The van der Waals surface area contributed by atoms with Gasteiger partial charge in [-0.05, 0) is 6.42 Å². The normalized spacial score (nSPS) is 22.5. The van der Waals surface area contributed by atoms with Gasteiger partial charge in [0.05, 0.1) is 6.10 Å². The van der Waals surface area contributed by atoms with Gasteiger partial charge in [0.25, 0.3) is 0 Å². The number of hydrogen-bond donors (Lipinski definition) is 1. The van der Waals surface area contributed by atoms with Crippen LogP contribution in [0, 0.1) is 0 Å². The number of aromatic nitrogens is 2. The Bertz CT molecular complexity index is 290. The van der Waals surface area contributed by atoms with Crippen molar-refractivity contribution in [2.24, 2.45) is 0 Å². The third-order valence-electron chi connectivity index (χ3n) is 2.18. The molecule has 1 aromatic heterocycles. The molecule has 1 fully saturated rings. The fourth-order valence-corrected chi connectivity index (χ4v) is 2.08. The zero-order valence-electron chi connectivity index (χ0n) is 7.43. The lowest BCUT2D eigenvalue weighted by Crippen LogP contribution is -2.21. The van der Waals surface area contributed by atoms with Crippen LogP contribution in [0.5, 0.6) is 0 Å². The predicted molar refractivity (Wildman–Crippen MR) is 51.9 cm³/mol. The first-order chi connectivity index (χ1) is 6.29. The lowest BCUT2D eigenvalue weighted by atomic mass is 10.3. The van der Waals surface area contributed by atoms with E-state index in [9.17, 15) is 0 Å². The number of ether oxygens (including phenoxy) is 1. The van der Waals surface area contributed by atoms with Crippen LogP contribution in [0.1, 0.15) is 6.42 Å². The average molecular weight is 200 g/mol. The summed E-state index contributed by atoms with van der Waals surface area (Å²) >= 11 is 1.34. The van der Waals surface area contributed by atoms with Crippen LogP contribution >= 0.6 is 11.5 Å². The van der Waals surface area contributed by atoms with Crippen LogP contribution in [0.15, 0.2) is 0 Å². The van der Waals surface area contributed by atoms with Gasteiger partial charge >= 0.3 is 0 Å². The van der Waals surface area contributed by atoms with Crippen molar-refractivity contribution in [3.8, 4) is 0 Å². The molecule has 1 aromatic rings. The largest absolute Gasteiger partial charge is 0.380 e. The van der Waals surface area contributed by atoms with Crippen LogP contribution in [-0.4, -0.2) is 35.7 Å². The van der Waals surface area contributed by atoms with Gasteiger partial charge in [-0.15, -0.1) is 0 Å². The standard InChI is InChI=1S/C7H12N4OS/c1-12-5-2-3-11(4-5)7-9-6(8)10-13-7/h5H,2-4H2,1H3,(H2,8,10). The van der Waals surface area contributed by atoms with Gasteiger partial charge in [-0.2, -0.15) is 9.36 Å². The van der Waals surface area contributed by atoms with E-state index in [0.29, 0.717) is 12.1 Å². The maximum atomic E-state index is 5.44. The first-order valence-electron chi connectivity index (χ1n) is 4.16. The quantitative estimate of drug-likeness (QED) is 0.746. The van der Waals surface area contributed by atoms with Crippen LogP contribution < -0.4 is 10.6 Å². The SMILES string of the molecule is COC1CCN(c2nc(N)ns2)C1. The fourth-order valence-electron chi connectivity index (χ4n) is 1.45. The number of nitrogens with zero attached hydrogens (tertiary/aromatic N) is 3. The van der Waals surface area contributed by atoms with E-state index >= 15 is 0 Å². The second kappa shape index (κ2) is 3.47. The maximum Gasteiger partial charge on any atom is 0.233 e. The first-order valence-corrected chi connectivity index (χ1v) is 4.94. The molecule has 1 saturated heterocycles. The molecule has 2 rings (SSSR count). The van der Waals surface area contributed by atoms with Crippen molar-refractivity contribution < 1.29 is 4.74 Å². The summed E-state index contributed by atoms with van der Waals surface area (Å²) in [5, 5.41) is 0.900. The molecule has 0 bridgehead atoms. The number of rotatable bonds is 2. The Labute approximate surface area is 80.7 Å². The van der Waals surface area contributed by atoms with E-state index in [1.54, 1.807) is 7.11 Å². The summed E-state index contributed by atoms with van der Waals surface area (Å²) in [5.41, 5.74) is 5.44. The summed E-state index contributed by atoms with van der Waals surface area (Å²) < 4.78 is 9.19. The van der Waals surface area contributed by atoms with Gasteiger partial charge in [-0.25, -0.2) is 0 Å². The summed E-state index contributed by atoms with van der Waals surface area (Å²) in [4.78, 5) is 6.27. The summed E-state index contributed by atoms with van der Waals surface area (Å²) in [6.07, 6.45) is 1.38. The van der Waals surface area contributed by atoms with Gasteiger partial charge < -0.3 is 15.4 Å². The highest BCUT2D eigenvalue weighted by Gasteiger charge is 2.24. The van der Waals surface area contributed by atoms with Crippen molar-refractivity contribution in [2.45, 2.75) is 12.5 Å². The van der Waals surface area contributed by atoms with Gasteiger partial charge in [0.2, 0.25) is 11.1 Å². The molecule has 0 radical (unpaired) electrons. The van der Waals surface area contributed by atoms with Gasteiger partial charge in [0, 0.05) is 31.7 Å². The van der Waals surface area contributed by atoms with E-state index in [-0.39, 0.29) is 0 Å². The molecule has 0 aliphatic carbocycles. The first kappa shape index (κ1) is 8.71. The molecule has 0 amide bonds. The molecule has 6 heteroatoms. The molecular formula is C7H12N4OS. The lowest BCUT2D eigenvalue weighted by molar-refractivity contribution is 0.121. The molecular weight excluding hydrogens is 188 g/mol. The molecule has 72 valence electrons. The number of anilines is 2. The Kier molecular flexibility index (Phi) is 2.32. The van der Waals surface area contributed by atoms with E-state index < -0.39 is 0 Å². The van der Waals surface area contributed by atoms with Gasteiger partial charge in [-0.1, -0.05) is 0 Å². The second-order valence-corrected chi connectivity index (χ2v) is 3.76. The molecule has 0 saturated carbocycles. The zero-order valence-corrected chi connectivity index (χ0v) is 8.25. The monoisotopic (exact) mass is 200 g/mol. The zero-order chi connectivity index (χ0) is 9.26. The number of nitrogen functional groups attached to an aromatic ring is 1. The Hall–Kier alpha value is -0.880. The minimum Gasteiger partial charge on any atom is -0.380 e. The number of nitrogens with two attached hydrogens (primary N) is 1. The van der Waals surface area contributed by atoms with Crippen molar-refractivity contribution in [3.63, 3.8) is 0 Å². The minimum atomic E-state index is 0.324. The van der Waals surface area contributed by atoms with E-state index in [4.69, 9.17) is 10.5 Å². The van der Waals surface area contributed by atoms with Crippen molar-refractivity contribution in [1.29, 1.82) is 0 Å². The van der Waals surface area contributed by atoms with Crippen LogP contribution in [-0.2, 0) is 4.74 Å². The van der Waals surface area contributed by atoms with Gasteiger partial charge in [-0.3, -0.25) is 0 Å². The van der Waals surface area contributed by atoms with E-state index in [0.717, 1.165) is 24.6 Å². The molecule has 5 nitrogen and oxygen atoms in total. The summed E-state index contributed by atoms with van der Waals surface area (Å²) in [5.74, 6) is 0.362.